The highest BCUT2D eigenvalue weighted by molar-refractivity contribution is 8.32. The second kappa shape index (κ2) is 29.0. The van der Waals surface area contributed by atoms with Crippen molar-refractivity contribution in [2.45, 2.75) is 209 Å². The predicted octanol–water partition coefficient (Wildman–Crippen LogP) is -2.90. The van der Waals surface area contributed by atoms with Crippen LogP contribution in [0.4, 0.5) is 5.82 Å². The molecule has 582 valence electrons. The van der Waals surface area contributed by atoms with Gasteiger partial charge >= 0.3 is 28.4 Å². The van der Waals surface area contributed by atoms with Gasteiger partial charge in [0, 0.05) is 71.6 Å². The Morgan fingerprint density at radius 1 is 0.538 bits per heavy atom. The number of aliphatic hydroxyl groups is 1. The maximum Gasteiger partial charge on any atom is 0.351 e. The van der Waals surface area contributed by atoms with Gasteiger partial charge in [0.05, 0.1) is 63.1 Å². The summed E-state index contributed by atoms with van der Waals surface area (Å²) in [5.41, 5.74) is -6.90. The number of hydrogen-bond acceptors (Lipinski definition) is 36. The average molecular weight is 1640 g/mol. The summed E-state index contributed by atoms with van der Waals surface area (Å²) in [4.78, 5) is 173. The van der Waals surface area contributed by atoms with Gasteiger partial charge in [0.15, 0.2) is 25.5 Å². The van der Waals surface area contributed by atoms with Gasteiger partial charge in [-0.1, -0.05) is 42.3 Å². The van der Waals surface area contributed by atoms with E-state index in [0.29, 0.717) is 0 Å². The van der Waals surface area contributed by atoms with Crippen molar-refractivity contribution in [3.63, 3.8) is 0 Å². The molecular weight excluding hydrogens is 1570 g/mol. The lowest BCUT2D eigenvalue weighted by atomic mass is 9.94. The van der Waals surface area contributed by atoms with Crippen LogP contribution in [0, 0.1) is 34.6 Å². The molecule has 0 radical (unpaired) electrons. The van der Waals surface area contributed by atoms with Gasteiger partial charge in [-0.25, -0.2) is 24.0 Å². The molecule has 106 heavy (non-hydrogen) atoms. The molecule has 0 spiro atoms. The maximum absolute atomic E-state index is 15.2. The molecule has 8 aliphatic heterocycles. The molecule has 25 atom stereocenters. The number of rotatable bonds is 26. The van der Waals surface area contributed by atoms with Gasteiger partial charge in [0.2, 0.25) is 0 Å². The lowest BCUT2D eigenvalue weighted by Gasteiger charge is -2.42. The van der Waals surface area contributed by atoms with Crippen LogP contribution in [0.2, 0.25) is 0 Å². The first-order chi connectivity index (χ1) is 49.6. The zero-order valence-corrected chi connectivity index (χ0v) is 64.0. The summed E-state index contributed by atoms with van der Waals surface area (Å²) in [6.45, 7) is -9.98. The third-order valence-corrected chi connectivity index (χ3v) is 26.2. The van der Waals surface area contributed by atoms with E-state index in [1.807, 2.05) is 0 Å². The lowest BCUT2D eigenvalue weighted by Crippen LogP contribution is -2.52. The molecule has 49 heteroatoms. The summed E-state index contributed by atoms with van der Waals surface area (Å²) in [6, 6.07) is 0. The Bertz CT molecular complexity index is 5110. The largest absolute Gasteiger partial charge is 0.780 e. The van der Waals surface area contributed by atoms with Gasteiger partial charge in [-0.3, -0.25) is 66.5 Å². The molecule has 41 nitrogen and oxygen atoms in total. The van der Waals surface area contributed by atoms with Gasteiger partial charge < -0.3 is 112 Å². The monoisotopic (exact) mass is 1640 g/mol. The Hall–Kier alpha value is -4.87. The highest BCUT2D eigenvalue weighted by Gasteiger charge is 2.71. The van der Waals surface area contributed by atoms with Crippen molar-refractivity contribution in [3.05, 3.63) is 153 Å². The van der Waals surface area contributed by atoms with E-state index >= 15 is 4.89 Å². The highest BCUT2D eigenvalue weighted by Crippen LogP contribution is 2.62. The minimum atomic E-state index is -5.17. The van der Waals surface area contributed by atoms with E-state index in [1.54, 1.807) is 6.92 Å². The molecule has 13 heterocycles. The molecule has 8 saturated heterocycles. The molecule has 5 aromatic heterocycles. The number of hydrogen-bond donors (Lipinski definition) is 6. The van der Waals surface area contributed by atoms with Crippen LogP contribution in [0.1, 0.15) is 106 Å². The third-order valence-electron chi connectivity index (χ3n) is 20.1. The summed E-state index contributed by atoms with van der Waals surface area (Å²) in [7, 11) is 0. The Balaban J connectivity index is 0.755. The van der Waals surface area contributed by atoms with Crippen molar-refractivity contribution in [2.24, 2.45) is 0 Å². The lowest BCUT2D eigenvalue weighted by molar-refractivity contribution is -0.245. The van der Waals surface area contributed by atoms with Gasteiger partial charge in [-0.2, -0.15) is 4.98 Å². The average Bonchev–Trinajstić information content (AvgIpc) is 1.56. The number of aromatic nitrogens is 10. The number of H-pyrrole nitrogens is 4. The first-order valence-corrected chi connectivity index (χ1v) is 43.0. The normalized spacial score (nSPS) is 35.9. The zero-order valence-electron chi connectivity index (χ0n) is 57.2. The molecule has 0 amide bonds. The Kier molecular flexibility index (Phi) is 21.7. The fraction of sp³-hybridized carbons (Fsp3) is 0.649. The molecule has 8 fully saturated rings. The van der Waals surface area contributed by atoms with E-state index in [0.717, 1.165) is 29.0 Å². The van der Waals surface area contributed by atoms with Crippen LogP contribution in [0.25, 0.3) is 0 Å². The topological polar surface area (TPSA) is 535 Å². The van der Waals surface area contributed by atoms with E-state index in [2.05, 4.69) is 24.9 Å². The number of anilines is 1. The Morgan fingerprint density at radius 2 is 0.906 bits per heavy atom. The minimum absolute atomic E-state index is 0.0185. The van der Waals surface area contributed by atoms with Crippen molar-refractivity contribution >= 4 is 80.4 Å². The fourth-order valence-electron chi connectivity index (χ4n) is 14.3. The number of nitrogens with two attached hydrogens (primary N) is 1. The van der Waals surface area contributed by atoms with Gasteiger partial charge in [0.25, 0.3) is 22.2 Å². The standard InChI is InChI=1S/C57H75N11O30P4S4/c1-10-30-31(11-34(90-30)64-14-23(3)43(70)60-51(64)75)95-99(79,103)83-18-33-32(12-35(91-33)65-15-24(4)44(71)61-52(65)76)96-100(80,104)85-20-56-28(8)88-37(48(93-56)66-13-22(2)42(58)59-50(66)74)40(56)98-102(82,106)86-21-57-29(9)89-38(49(94-57)68-17-26(6)46(73)63-54(68)78)41(57)97-101(81,105)84-19-55-27(7)87-36(39(55)69)47(92-55)67-16-25(5)45(72)62-53(67)77/h13-17,27-41,47-49,69H,10-12,18-21H2,1-9H3,(H,79,103)(H,80,104)(H,81,105)(H,82,106)(H2,58,59,74)(H,60,70,75)(H,61,71,76)(H,62,72,77)(H,63,73,78)/p-4/t27-,28-,29-,30+,31+,32+,33+,34+,35+,36?,37?,38?,39+,40+,41+,47+,48+,49+,55-,56-,57-,99?,100?,101?,102?/m0/s1. The number of ether oxygens (including phenoxy) is 8. The SMILES string of the molecule is CC[C@H]1O[C@@H](n2cc(C)c(=O)[nH]c2=O)C[C@H]1OP([O-])(=S)OC[C@H]1O[C@@H](n2cc(C)c(=O)[nH]c2=O)C[C@H]1OP(=O)([S-])OC[C@]12O[C@@H](n3cc(C)c(N)nc3=O)C(O[C@H]1C)[C@H]2OP([O-])(=S)OC[C@]12O[C@@H](n3cc(C)c(=O)[nH]c3=O)C(O[C@H]1C)[C@H]2OP([O-])(=S)OC[C@]12O[C@@H](n3cc(C)c(=O)[nH]c3=O)C(O[C@H]1C)[C@H]2O. The molecule has 7 unspecified atom stereocenters. The third kappa shape index (κ3) is 14.7. The molecule has 5 aromatic rings. The van der Waals surface area contributed by atoms with Crippen molar-refractivity contribution < 1.29 is 98.4 Å². The molecule has 8 aliphatic rings. The molecule has 13 rings (SSSR count). The summed E-state index contributed by atoms with van der Waals surface area (Å²) in [6.07, 6.45) is -18.6. The van der Waals surface area contributed by atoms with Crippen molar-refractivity contribution in [3.8, 4) is 0 Å². The zero-order chi connectivity index (χ0) is 76.8. The smallest absolute Gasteiger partial charge is 0.351 e. The molecule has 6 bridgehead atoms. The quantitative estimate of drug-likeness (QED) is 0.0239. The van der Waals surface area contributed by atoms with Gasteiger partial charge in [-0.05, 0) is 61.8 Å². The first-order valence-electron chi connectivity index (χ1n) is 32.8. The summed E-state index contributed by atoms with van der Waals surface area (Å²) >= 11 is 22.0. The number of aromatic amines is 4. The predicted molar refractivity (Wildman–Crippen MR) is 368 cm³/mol. The number of nitrogens with one attached hydrogen (secondary N) is 4. The number of aryl methyl sites for hydroxylation is 5. The van der Waals surface area contributed by atoms with Gasteiger partial charge in [0.1, 0.15) is 98.0 Å². The maximum atomic E-state index is 15.2. The number of aliphatic hydroxyl groups excluding tert-OH is 1. The molecule has 0 aliphatic carbocycles. The number of fused-ring (bicyclic) bond motifs is 6. The Morgan fingerprint density at radius 3 is 1.39 bits per heavy atom. The van der Waals surface area contributed by atoms with Crippen LogP contribution in [0.5, 0.6) is 0 Å². The Labute approximate surface area is 617 Å². The van der Waals surface area contributed by atoms with Crippen molar-refractivity contribution in [1.82, 2.24) is 47.8 Å². The van der Waals surface area contributed by atoms with Crippen molar-refractivity contribution in [2.75, 3.05) is 32.2 Å². The molecular formula is C57H71N11O30P4S4-4. The van der Waals surface area contributed by atoms with E-state index in [-0.39, 0.29) is 46.5 Å². The van der Waals surface area contributed by atoms with Crippen LogP contribution in [0.15, 0.2) is 74.1 Å². The van der Waals surface area contributed by atoms with Crippen LogP contribution in [-0.4, -0.2) is 175 Å². The van der Waals surface area contributed by atoms with Crippen LogP contribution in [0.3, 0.4) is 0 Å². The van der Waals surface area contributed by atoms with Crippen molar-refractivity contribution in [1.29, 1.82) is 0 Å². The minimum Gasteiger partial charge on any atom is -0.780 e. The number of nitrogen functional groups attached to an aromatic ring is 1. The molecule has 7 N–H and O–H groups in total. The summed E-state index contributed by atoms with van der Waals surface area (Å²) < 4.78 is 118. The molecule has 0 saturated carbocycles. The number of nitrogens with zero attached hydrogens (tertiary/aromatic N) is 6. The summed E-state index contributed by atoms with van der Waals surface area (Å²) in [5.74, 6) is -0.156. The first kappa shape index (κ1) is 79.2. The highest BCUT2D eigenvalue weighted by atomic mass is 32.7. The van der Waals surface area contributed by atoms with Crippen LogP contribution < -0.4 is 71.1 Å². The van der Waals surface area contributed by atoms with Crippen LogP contribution >= 0.6 is 27.0 Å². The summed E-state index contributed by atoms with van der Waals surface area (Å²) in [5, 5.41) is 11.6. The second-order valence-electron chi connectivity index (χ2n) is 26.9. The second-order valence-corrected chi connectivity index (χ2v) is 37.7. The van der Waals surface area contributed by atoms with E-state index in [1.165, 1.54) is 80.2 Å². The van der Waals surface area contributed by atoms with Crippen LogP contribution in [-0.2, 0) is 126 Å². The van der Waals surface area contributed by atoms with E-state index in [9.17, 15) is 62.6 Å². The fourth-order valence-corrected chi connectivity index (χ4v) is 20.1. The van der Waals surface area contributed by atoms with Gasteiger partial charge in [-0.15, -0.1) is 0 Å². The molecule has 0 aromatic carbocycles. The van der Waals surface area contributed by atoms with E-state index < -0.39 is 238 Å². The van der Waals surface area contributed by atoms with E-state index in [4.69, 9.17) is 127 Å².